The van der Waals surface area contributed by atoms with Gasteiger partial charge in [0.15, 0.2) is 5.76 Å². The van der Waals surface area contributed by atoms with E-state index in [1.165, 1.54) is 14.2 Å². The molecule has 1 N–H and O–H groups in total. The summed E-state index contributed by atoms with van der Waals surface area (Å²) in [6, 6.07) is 9.10. The number of aromatic nitrogens is 1. The number of ether oxygens (including phenoxy) is 2. The Morgan fingerprint density at radius 3 is 2.38 bits per heavy atom. The lowest BCUT2D eigenvalue weighted by Gasteiger charge is -2.13. The molecule has 0 unspecified atom stereocenters. The van der Waals surface area contributed by atoms with Crippen LogP contribution in [0.25, 0.3) is 11.8 Å². The number of carbonyl (C=O) groups is 2. The maximum atomic E-state index is 12.2. The molecule has 0 aliphatic carbocycles. The Bertz CT molecular complexity index is 1100. The van der Waals surface area contributed by atoms with Gasteiger partial charge in [-0.1, -0.05) is 12.1 Å². The molecule has 0 radical (unpaired) electrons. The van der Waals surface area contributed by atoms with Crippen molar-refractivity contribution < 1.29 is 24.2 Å². The van der Waals surface area contributed by atoms with Crippen LogP contribution in [0.5, 0.6) is 0 Å². The first-order valence-corrected chi connectivity index (χ1v) is 8.96. The predicted molar refractivity (Wildman–Crippen MR) is 109 cm³/mol. The van der Waals surface area contributed by atoms with Gasteiger partial charge in [-0.15, -0.1) is 0 Å². The second-order valence-corrected chi connectivity index (χ2v) is 6.61. The Labute approximate surface area is 168 Å². The number of hydrogen-bond acceptors (Lipinski definition) is 6. The monoisotopic (exact) mass is 394 g/mol. The van der Waals surface area contributed by atoms with Crippen LogP contribution in [0.1, 0.15) is 34.2 Å². The summed E-state index contributed by atoms with van der Waals surface area (Å²) in [5.74, 6) is -1.27. The van der Waals surface area contributed by atoms with Crippen LogP contribution in [0.3, 0.4) is 0 Å². The van der Waals surface area contributed by atoms with Crippen LogP contribution in [0.15, 0.2) is 52.4 Å². The molecule has 0 saturated carbocycles. The molecule has 29 heavy (non-hydrogen) atoms. The summed E-state index contributed by atoms with van der Waals surface area (Å²) in [6.45, 7) is 5.46. The number of nitrogens with zero attached hydrogens (tertiary/aromatic N) is 2. The minimum absolute atomic E-state index is 0.0589. The molecule has 7 nitrogen and oxygen atoms in total. The second kappa shape index (κ2) is 7.79. The molecule has 0 atom stereocenters. The molecule has 150 valence electrons. The maximum absolute atomic E-state index is 12.2. The van der Waals surface area contributed by atoms with E-state index in [1.807, 2.05) is 36.6 Å². The van der Waals surface area contributed by atoms with Gasteiger partial charge in [-0.2, -0.15) is 0 Å². The summed E-state index contributed by atoms with van der Waals surface area (Å²) < 4.78 is 11.5. The average Bonchev–Trinajstić information content (AvgIpc) is 3.15. The van der Waals surface area contributed by atoms with Crippen LogP contribution in [-0.4, -0.2) is 41.5 Å². The molecule has 1 aromatic heterocycles. The maximum Gasteiger partial charge on any atom is 0.343 e. The summed E-state index contributed by atoms with van der Waals surface area (Å²) in [4.78, 5) is 28.3. The first-order valence-electron chi connectivity index (χ1n) is 8.96. The quantitative estimate of drug-likeness (QED) is 0.799. The van der Waals surface area contributed by atoms with E-state index in [0.717, 1.165) is 17.0 Å². The number of para-hydroxylation sites is 1. The van der Waals surface area contributed by atoms with Crippen LogP contribution in [-0.2, 0) is 14.3 Å². The zero-order chi connectivity index (χ0) is 21.3. The summed E-state index contributed by atoms with van der Waals surface area (Å²) in [5, 5.41) is 10.4. The standard InChI is InChI=1S/C22H22N2O5/c1-12-10-15(11-17-20(25)19(13(2)23-17)22(27)29-5)14(3)24(12)18-9-7-6-8-16(18)21(26)28-4/h6-11,25H,1-5H3. The van der Waals surface area contributed by atoms with E-state index in [0.29, 0.717) is 17.0 Å². The fourth-order valence-electron chi connectivity index (χ4n) is 3.44. The topological polar surface area (TPSA) is 90.1 Å². The first-order chi connectivity index (χ1) is 13.8. The van der Waals surface area contributed by atoms with Crippen molar-refractivity contribution in [3.63, 3.8) is 0 Å². The van der Waals surface area contributed by atoms with E-state index < -0.39 is 11.9 Å². The number of methoxy groups -OCH3 is 2. The largest absolute Gasteiger partial charge is 0.505 e. The van der Waals surface area contributed by atoms with E-state index in [2.05, 4.69) is 4.99 Å². The molecule has 1 aliphatic heterocycles. The molecule has 3 rings (SSSR count). The van der Waals surface area contributed by atoms with Gasteiger partial charge in [0.05, 0.1) is 31.2 Å². The van der Waals surface area contributed by atoms with Gasteiger partial charge in [0.2, 0.25) is 0 Å². The van der Waals surface area contributed by atoms with Crippen LogP contribution >= 0.6 is 0 Å². The zero-order valence-electron chi connectivity index (χ0n) is 16.9. The first kappa shape index (κ1) is 20.1. The number of carbonyl (C=O) groups excluding carboxylic acids is 2. The zero-order valence-corrected chi connectivity index (χ0v) is 16.9. The van der Waals surface area contributed by atoms with Crippen molar-refractivity contribution >= 4 is 23.7 Å². The number of esters is 2. The second-order valence-electron chi connectivity index (χ2n) is 6.61. The minimum Gasteiger partial charge on any atom is -0.505 e. The van der Waals surface area contributed by atoms with Gasteiger partial charge < -0.3 is 19.1 Å². The molecule has 0 saturated heterocycles. The molecular formula is C22H22N2O5. The molecule has 2 heterocycles. The number of aliphatic hydroxyl groups is 1. The smallest absolute Gasteiger partial charge is 0.343 e. The fourth-order valence-corrected chi connectivity index (χ4v) is 3.44. The van der Waals surface area contributed by atoms with Gasteiger partial charge in [-0.25, -0.2) is 14.6 Å². The molecule has 0 bridgehead atoms. The summed E-state index contributed by atoms with van der Waals surface area (Å²) in [6.07, 6.45) is 1.70. The molecule has 1 aliphatic rings. The van der Waals surface area contributed by atoms with E-state index >= 15 is 0 Å². The fraction of sp³-hybridized carbons (Fsp3) is 0.227. The number of aliphatic imine (C=N–C) groups is 1. The Morgan fingerprint density at radius 2 is 1.72 bits per heavy atom. The van der Waals surface area contributed by atoms with E-state index in [9.17, 15) is 14.7 Å². The van der Waals surface area contributed by atoms with Gasteiger partial charge in [0.25, 0.3) is 0 Å². The molecule has 0 amide bonds. The molecular weight excluding hydrogens is 372 g/mol. The van der Waals surface area contributed by atoms with Crippen molar-refractivity contribution in [2.45, 2.75) is 20.8 Å². The lowest BCUT2D eigenvalue weighted by atomic mass is 10.1. The van der Waals surface area contributed by atoms with Crippen molar-refractivity contribution in [1.29, 1.82) is 0 Å². The summed E-state index contributed by atoms with van der Waals surface area (Å²) in [7, 11) is 2.60. The van der Waals surface area contributed by atoms with Crippen LogP contribution in [0.4, 0.5) is 0 Å². The summed E-state index contributed by atoms with van der Waals surface area (Å²) >= 11 is 0. The van der Waals surface area contributed by atoms with Crippen LogP contribution < -0.4 is 0 Å². The predicted octanol–water partition coefficient (Wildman–Crippen LogP) is 3.68. The van der Waals surface area contributed by atoms with Crippen LogP contribution in [0.2, 0.25) is 0 Å². The van der Waals surface area contributed by atoms with E-state index in [4.69, 9.17) is 9.47 Å². The number of aliphatic hydroxyl groups excluding tert-OH is 1. The van der Waals surface area contributed by atoms with Crippen molar-refractivity contribution in [2.24, 2.45) is 4.99 Å². The third-order valence-corrected chi connectivity index (χ3v) is 4.83. The third-order valence-electron chi connectivity index (χ3n) is 4.83. The lowest BCUT2D eigenvalue weighted by molar-refractivity contribution is -0.135. The van der Waals surface area contributed by atoms with E-state index in [-0.39, 0.29) is 17.0 Å². The van der Waals surface area contributed by atoms with Gasteiger partial charge >= 0.3 is 11.9 Å². The molecule has 7 heteroatoms. The number of rotatable bonds is 4. The highest BCUT2D eigenvalue weighted by molar-refractivity contribution is 6.22. The van der Waals surface area contributed by atoms with E-state index in [1.54, 1.807) is 25.1 Å². The highest BCUT2D eigenvalue weighted by atomic mass is 16.5. The molecule has 0 spiro atoms. The van der Waals surface area contributed by atoms with Gasteiger partial charge in [-0.05, 0) is 50.6 Å². The normalized spacial score (nSPS) is 14.9. The van der Waals surface area contributed by atoms with Crippen molar-refractivity contribution in [3.05, 3.63) is 69.9 Å². The van der Waals surface area contributed by atoms with Crippen molar-refractivity contribution in [3.8, 4) is 5.69 Å². The highest BCUT2D eigenvalue weighted by Crippen LogP contribution is 2.30. The number of aryl methyl sites for hydroxylation is 1. The molecule has 2 aromatic rings. The van der Waals surface area contributed by atoms with Gasteiger partial charge in [0.1, 0.15) is 11.3 Å². The Morgan fingerprint density at radius 1 is 1.07 bits per heavy atom. The molecule has 0 fully saturated rings. The average molecular weight is 394 g/mol. The Hall–Kier alpha value is -3.61. The van der Waals surface area contributed by atoms with Gasteiger partial charge in [-0.3, -0.25) is 0 Å². The molecule has 1 aromatic carbocycles. The number of benzene rings is 1. The van der Waals surface area contributed by atoms with Gasteiger partial charge in [0, 0.05) is 11.4 Å². The Balaban J connectivity index is 2.12. The SMILES string of the molecule is COC(=O)C1=C(O)C(=Cc2cc(C)n(-c3ccccc3C(=O)OC)c2C)N=C1C. The summed E-state index contributed by atoms with van der Waals surface area (Å²) in [5.41, 5.74) is 4.41. The number of hydrogen-bond donors (Lipinski definition) is 1. The Kier molecular flexibility index (Phi) is 5.41. The van der Waals surface area contributed by atoms with Crippen molar-refractivity contribution in [1.82, 2.24) is 4.57 Å². The lowest BCUT2D eigenvalue weighted by Crippen LogP contribution is -2.11. The highest BCUT2D eigenvalue weighted by Gasteiger charge is 2.27. The third kappa shape index (κ3) is 3.47. The minimum atomic E-state index is -0.635. The van der Waals surface area contributed by atoms with Crippen molar-refractivity contribution in [2.75, 3.05) is 14.2 Å². The van der Waals surface area contributed by atoms with Crippen LogP contribution in [0, 0.1) is 13.8 Å².